The van der Waals surface area contributed by atoms with Crippen LogP contribution in [0.5, 0.6) is 0 Å². The number of Topliss-reactive ketones (excluding diaryl/α,β-unsaturated/α-hetero) is 1. The minimum Gasteiger partial charge on any atom is -0.392 e. The number of hydrogen-bond acceptors (Lipinski definition) is 10. The normalized spacial score (nSPS) is 11.3. The molecule has 0 radical (unpaired) electrons. The third-order valence-electron chi connectivity index (χ3n) is 2.02. The maximum atomic E-state index is 11.5. The van der Waals surface area contributed by atoms with Gasteiger partial charge in [0.25, 0.3) is 0 Å². The maximum absolute atomic E-state index is 11.5. The Morgan fingerprint density at radius 1 is 0.750 bits per heavy atom. The predicted molar refractivity (Wildman–Crippen MR) is 62.5 cm³/mol. The van der Waals surface area contributed by atoms with E-state index in [1.807, 2.05) is 0 Å². The summed E-state index contributed by atoms with van der Waals surface area (Å²) in [4.78, 5) is 55.9. The van der Waals surface area contributed by atoms with Gasteiger partial charge in [0.2, 0.25) is 0 Å². The maximum Gasteiger partial charge on any atom is 0.327 e. The van der Waals surface area contributed by atoms with Crippen molar-refractivity contribution in [3.63, 3.8) is 0 Å². The minimum absolute atomic E-state index is 0.544. The summed E-state index contributed by atoms with van der Waals surface area (Å²) in [5.41, 5.74) is 14.9. The van der Waals surface area contributed by atoms with E-state index >= 15 is 0 Å². The van der Waals surface area contributed by atoms with Gasteiger partial charge in [-0.2, -0.15) is 0 Å². The van der Waals surface area contributed by atoms with Gasteiger partial charge >= 0.3 is 23.9 Å². The summed E-state index contributed by atoms with van der Waals surface area (Å²) in [6.07, 6.45) is -0.793. The van der Waals surface area contributed by atoms with Crippen molar-refractivity contribution in [1.82, 2.24) is 0 Å². The molecule has 1 atom stereocenters. The van der Waals surface area contributed by atoms with Crippen LogP contribution in [0.3, 0.4) is 0 Å². The van der Waals surface area contributed by atoms with E-state index in [0.29, 0.717) is 0 Å². The highest BCUT2D eigenvalue weighted by Gasteiger charge is 2.32. The van der Waals surface area contributed by atoms with Gasteiger partial charge < -0.3 is 26.7 Å². The van der Waals surface area contributed by atoms with Crippen LogP contribution < -0.4 is 17.2 Å². The zero-order valence-electron chi connectivity index (χ0n) is 10.5. The van der Waals surface area contributed by atoms with Crippen molar-refractivity contribution in [2.75, 3.05) is 19.6 Å². The van der Waals surface area contributed by atoms with Crippen molar-refractivity contribution < 1.29 is 33.4 Å². The predicted octanol–water partition coefficient (Wildman–Crippen LogP) is -3.42. The lowest BCUT2D eigenvalue weighted by Gasteiger charge is -2.12. The Hall–Kier alpha value is -2.17. The summed E-state index contributed by atoms with van der Waals surface area (Å²) in [6.45, 7) is -1.68. The molecule has 0 saturated carbocycles. The topological polar surface area (TPSA) is 182 Å². The minimum atomic E-state index is -1.64. The van der Waals surface area contributed by atoms with E-state index in [4.69, 9.17) is 17.2 Å². The standard InChI is InChI=1S/C10H15N3O7/c11-2-6(14)5(10(18)20-9(17)4-13)1-7(15)19-8(16)3-12/h5H,1-4,11-13H2. The van der Waals surface area contributed by atoms with E-state index in [-0.39, 0.29) is 0 Å². The SMILES string of the molecule is NCC(=O)OC(=O)CC(C(=O)CN)C(=O)OC(=O)CN. The van der Waals surface area contributed by atoms with Gasteiger partial charge in [-0.3, -0.25) is 24.0 Å². The number of carbonyl (C=O) groups is 5. The Morgan fingerprint density at radius 2 is 1.25 bits per heavy atom. The van der Waals surface area contributed by atoms with Gasteiger partial charge in [-0.05, 0) is 0 Å². The third kappa shape index (κ3) is 6.13. The van der Waals surface area contributed by atoms with Crippen molar-refractivity contribution in [1.29, 1.82) is 0 Å². The zero-order chi connectivity index (χ0) is 15.7. The van der Waals surface area contributed by atoms with Crippen LogP contribution in [0.25, 0.3) is 0 Å². The first-order valence-electron chi connectivity index (χ1n) is 5.46. The summed E-state index contributed by atoms with van der Waals surface area (Å²) in [5.74, 6) is -7.04. The van der Waals surface area contributed by atoms with Crippen LogP contribution in [0.2, 0.25) is 0 Å². The zero-order valence-corrected chi connectivity index (χ0v) is 10.5. The van der Waals surface area contributed by atoms with E-state index in [9.17, 15) is 24.0 Å². The molecule has 0 amide bonds. The van der Waals surface area contributed by atoms with Crippen molar-refractivity contribution in [2.45, 2.75) is 6.42 Å². The van der Waals surface area contributed by atoms with Gasteiger partial charge in [0.05, 0.1) is 26.1 Å². The van der Waals surface area contributed by atoms with Gasteiger partial charge in [0, 0.05) is 0 Å². The first kappa shape index (κ1) is 17.8. The van der Waals surface area contributed by atoms with E-state index < -0.39 is 61.6 Å². The average molecular weight is 289 g/mol. The van der Waals surface area contributed by atoms with Gasteiger partial charge in [-0.1, -0.05) is 0 Å². The fraction of sp³-hybridized carbons (Fsp3) is 0.500. The lowest BCUT2D eigenvalue weighted by molar-refractivity contribution is -0.168. The smallest absolute Gasteiger partial charge is 0.327 e. The highest BCUT2D eigenvalue weighted by atomic mass is 16.6. The highest BCUT2D eigenvalue weighted by Crippen LogP contribution is 2.09. The molecule has 112 valence electrons. The van der Waals surface area contributed by atoms with Crippen LogP contribution in [0.4, 0.5) is 0 Å². The molecule has 0 aromatic rings. The van der Waals surface area contributed by atoms with Crippen molar-refractivity contribution in [3.8, 4) is 0 Å². The van der Waals surface area contributed by atoms with Gasteiger partial charge in [-0.15, -0.1) is 0 Å². The van der Waals surface area contributed by atoms with Crippen LogP contribution in [-0.2, 0) is 33.4 Å². The second-order valence-electron chi connectivity index (χ2n) is 3.47. The average Bonchev–Trinajstić information content (AvgIpc) is 2.43. The number of rotatable bonds is 7. The lowest BCUT2D eigenvalue weighted by Crippen LogP contribution is -2.36. The molecule has 0 spiro atoms. The monoisotopic (exact) mass is 289 g/mol. The molecule has 0 heterocycles. The number of carbonyl (C=O) groups excluding carboxylic acids is 5. The Morgan fingerprint density at radius 3 is 1.70 bits per heavy atom. The van der Waals surface area contributed by atoms with E-state index in [1.54, 1.807) is 0 Å². The summed E-state index contributed by atoms with van der Waals surface area (Å²) >= 11 is 0. The second-order valence-corrected chi connectivity index (χ2v) is 3.47. The van der Waals surface area contributed by atoms with Crippen molar-refractivity contribution in [2.24, 2.45) is 23.1 Å². The first-order chi connectivity index (χ1) is 9.35. The molecular formula is C10H15N3O7. The number of nitrogens with two attached hydrogens (primary N) is 3. The molecule has 20 heavy (non-hydrogen) atoms. The first-order valence-corrected chi connectivity index (χ1v) is 5.46. The molecule has 1 unspecified atom stereocenters. The van der Waals surface area contributed by atoms with Crippen molar-refractivity contribution >= 4 is 29.7 Å². The van der Waals surface area contributed by atoms with Crippen LogP contribution in [0.1, 0.15) is 6.42 Å². The summed E-state index contributed by atoms with van der Waals surface area (Å²) < 4.78 is 8.41. The fourth-order valence-corrected chi connectivity index (χ4v) is 1.07. The van der Waals surface area contributed by atoms with Crippen molar-refractivity contribution in [3.05, 3.63) is 0 Å². The van der Waals surface area contributed by atoms with E-state index in [0.717, 1.165) is 0 Å². The molecule has 6 N–H and O–H groups in total. The Kier molecular flexibility index (Phi) is 7.89. The lowest BCUT2D eigenvalue weighted by atomic mass is 10.0. The fourth-order valence-electron chi connectivity index (χ4n) is 1.07. The summed E-state index contributed by atoms with van der Waals surface area (Å²) in [5, 5.41) is 0. The highest BCUT2D eigenvalue weighted by molar-refractivity contribution is 6.05. The van der Waals surface area contributed by atoms with Gasteiger partial charge in [0.1, 0.15) is 5.92 Å². The van der Waals surface area contributed by atoms with Crippen LogP contribution in [-0.4, -0.2) is 49.3 Å². The molecule has 0 bridgehead atoms. The molecular weight excluding hydrogens is 274 g/mol. The number of esters is 4. The van der Waals surface area contributed by atoms with Crippen LogP contribution in [0.15, 0.2) is 0 Å². The molecule has 0 aliphatic heterocycles. The molecule has 10 nitrogen and oxygen atoms in total. The second kappa shape index (κ2) is 8.85. The molecule has 10 heteroatoms. The number of ether oxygens (including phenoxy) is 2. The number of hydrogen-bond donors (Lipinski definition) is 3. The van der Waals surface area contributed by atoms with Crippen LogP contribution >= 0.6 is 0 Å². The summed E-state index contributed by atoms with van der Waals surface area (Å²) in [7, 11) is 0. The Bertz CT molecular complexity index is 421. The molecule has 0 aromatic heterocycles. The van der Waals surface area contributed by atoms with Crippen LogP contribution in [0, 0.1) is 5.92 Å². The van der Waals surface area contributed by atoms with E-state index in [1.165, 1.54) is 0 Å². The number of ketones is 1. The Balaban J connectivity index is 4.77. The van der Waals surface area contributed by atoms with E-state index in [2.05, 4.69) is 9.47 Å². The van der Waals surface area contributed by atoms with Gasteiger partial charge in [-0.25, -0.2) is 0 Å². The molecule has 0 fully saturated rings. The quantitative estimate of drug-likeness (QED) is 0.315. The molecule has 0 saturated heterocycles. The largest absolute Gasteiger partial charge is 0.392 e. The van der Waals surface area contributed by atoms with Gasteiger partial charge in [0.15, 0.2) is 5.78 Å². The molecule has 0 aromatic carbocycles. The molecule has 0 aliphatic carbocycles. The molecule has 0 aliphatic rings. The third-order valence-corrected chi connectivity index (χ3v) is 2.02. The Labute approximate surface area is 113 Å². The molecule has 0 rings (SSSR count). The summed E-state index contributed by atoms with van der Waals surface area (Å²) in [6, 6.07) is 0.